The van der Waals surface area contributed by atoms with Gasteiger partial charge in [-0.2, -0.15) is 0 Å². The second-order valence-corrected chi connectivity index (χ2v) is 13.0. The molecule has 288 valence electrons. The number of aromatic nitrogens is 1. The molecular weight excluding hydrogens is 707 g/mol. The van der Waals surface area contributed by atoms with Gasteiger partial charge in [0, 0.05) is 29.9 Å². The standard InChI is InChI=1S/C38H43FN4O11/c1-24(2)36-35(38(47)40-29-12-8-5-9-13-29)34(26-10-6-4-7-11-26)37(27-14-16-28(39)17-15-27)41(36)19-18-30(44)21-31(45)22-33(46)52-23-32(54-43(50)51)20-25(3)53-42(48)49/h4-17,24-25,30-32,44-45H,18-23H2,1-3H3,(H,40,47)/t25?,30-,31-,32?/m1/s1. The Hall–Kier alpha value is -5.87. The number of ether oxygens (including phenoxy) is 1. The summed E-state index contributed by atoms with van der Waals surface area (Å²) >= 11 is 0. The fraction of sp³-hybridized carbons (Fsp3) is 0.368. The summed E-state index contributed by atoms with van der Waals surface area (Å²) < 4.78 is 21.1. The topological polar surface area (TPSA) is 206 Å². The Balaban J connectivity index is 1.57. The summed E-state index contributed by atoms with van der Waals surface area (Å²) in [4.78, 5) is 56.9. The summed E-state index contributed by atoms with van der Waals surface area (Å²) in [6.07, 6.45) is -6.02. The molecule has 0 aliphatic carbocycles. The van der Waals surface area contributed by atoms with Crippen LogP contribution >= 0.6 is 0 Å². The molecule has 2 unspecified atom stereocenters. The number of hydrogen-bond donors (Lipinski definition) is 3. The Kier molecular flexibility index (Phi) is 14.6. The maximum absolute atomic E-state index is 14.2. The van der Waals surface area contributed by atoms with Crippen LogP contribution < -0.4 is 5.32 Å². The van der Waals surface area contributed by atoms with Gasteiger partial charge in [0.2, 0.25) is 0 Å². The van der Waals surface area contributed by atoms with Crippen molar-refractivity contribution in [3.05, 3.63) is 122 Å². The molecule has 4 atom stereocenters. The Morgan fingerprint density at radius 3 is 2.04 bits per heavy atom. The third-order valence-electron chi connectivity index (χ3n) is 8.45. The van der Waals surface area contributed by atoms with Gasteiger partial charge in [0.25, 0.3) is 16.1 Å². The summed E-state index contributed by atoms with van der Waals surface area (Å²) in [5, 5.41) is 44.0. The summed E-state index contributed by atoms with van der Waals surface area (Å²) in [7, 11) is 0. The van der Waals surface area contributed by atoms with Crippen molar-refractivity contribution in [3.8, 4) is 22.4 Å². The zero-order valence-corrected chi connectivity index (χ0v) is 30.0. The zero-order chi connectivity index (χ0) is 39.4. The number of amides is 1. The van der Waals surface area contributed by atoms with E-state index in [9.17, 15) is 44.4 Å². The minimum Gasteiger partial charge on any atom is -0.463 e. The summed E-state index contributed by atoms with van der Waals surface area (Å²) in [5.74, 6) is -1.94. The Bertz CT molecular complexity index is 1870. The number of anilines is 1. The van der Waals surface area contributed by atoms with E-state index in [-0.39, 0.29) is 37.6 Å². The first kappa shape index (κ1) is 40.9. The molecule has 0 saturated carbocycles. The predicted octanol–water partition coefficient (Wildman–Crippen LogP) is 6.34. The van der Waals surface area contributed by atoms with Crippen molar-refractivity contribution < 1.29 is 48.8 Å². The van der Waals surface area contributed by atoms with Crippen molar-refractivity contribution in [2.45, 2.75) is 83.3 Å². The molecule has 0 radical (unpaired) electrons. The van der Waals surface area contributed by atoms with E-state index in [1.807, 2.05) is 66.9 Å². The van der Waals surface area contributed by atoms with Gasteiger partial charge >= 0.3 is 5.97 Å². The molecule has 0 aliphatic heterocycles. The van der Waals surface area contributed by atoms with Gasteiger partial charge < -0.3 is 34.5 Å². The third-order valence-corrected chi connectivity index (χ3v) is 8.45. The van der Waals surface area contributed by atoms with Crippen LogP contribution in [0.2, 0.25) is 0 Å². The number of halogens is 1. The highest BCUT2D eigenvalue weighted by Crippen LogP contribution is 2.42. The number of esters is 1. The van der Waals surface area contributed by atoms with Crippen LogP contribution in [0.5, 0.6) is 0 Å². The van der Waals surface area contributed by atoms with Crippen molar-refractivity contribution >= 4 is 17.6 Å². The molecule has 1 aromatic heterocycles. The molecular formula is C38H43FN4O11. The lowest BCUT2D eigenvalue weighted by Gasteiger charge is -2.21. The quantitative estimate of drug-likeness (QED) is 0.0517. The molecule has 15 nitrogen and oxygen atoms in total. The van der Waals surface area contributed by atoms with Crippen LogP contribution in [-0.2, 0) is 25.8 Å². The second-order valence-electron chi connectivity index (χ2n) is 13.0. The van der Waals surface area contributed by atoms with Gasteiger partial charge in [0.05, 0.1) is 29.9 Å². The number of nitrogens with zero attached hydrogens (tertiary/aromatic N) is 3. The minimum absolute atomic E-state index is 0.0791. The van der Waals surface area contributed by atoms with Gasteiger partial charge in [0.1, 0.15) is 24.6 Å². The van der Waals surface area contributed by atoms with Gasteiger partial charge in [-0.3, -0.25) is 9.59 Å². The average Bonchev–Trinajstić information content (AvgIpc) is 3.46. The highest BCUT2D eigenvalue weighted by atomic mass is 19.1. The highest BCUT2D eigenvalue weighted by molar-refractivity contribution is 6.12. The number of benzene rings is 3. The zero-order valence-electron chi connectivity index (χ0n) is 30.0. The van der Waals surface area contributed by atoms with E-state index in [1.165, 1.54) is 19.1 Å². The Labute approximate surface area is 310 Å². The van der Waals surface area contributed by atoms with Gasteiger partial charge in [-0.05, 0) is 73.2 Å². The number of nitrogens with one attached hydrogen (secondary N) is 1. The van der Waals surface area contributed by atoms with Crippen LogP contribution in [0, 0.1) is 26.0 Å². The highest BCUT2D eigenvalue weighted by Gasteiger charge is 2.31. The van der Waals surface area contributed by atoms with Gasteiger partial charge in [0.15, 0.2) is 0 Å². The number of aliphatic hydroxyl groups excluding tert-OH is 2. The summed E-state index contributed by atoms with van der Waals surface area (Å²) in [6, 6.07) is 24.2. The third kappa shape index (κ3) is 11.6. The van der Waals surface area contributed by atoms with Crippen LogP contribution in [0.25, 0.3) is 22.4 Å². The molecule has 4 rings (SSSR count). The molecule has 16 heteroatoms. The lowest BCUT2D eigenvalue weighted by Crippen LogP contribution is -2.31. The molecule has 3 aromatic carbocycles. The smallest absolute Gasteiger partial charge is 0.308 e. The maximum Gasteiger partial charge on any atom is 0.308 e. The number of carbonyl (C=O) groups is 2. The minimum atomic E-state index is -1.37. The van der Waals surface area contributed by atoms with Gasteiger partial charge in [-0.25, -0.2) is 4.39 Å². The molecule has 1 amide bonds. The first-order chi connectivity index (χ1) is 25.7. The lowest BCUT2D eigenvalue weighted by atomic mass is 9.94. The van der Waals surface area contributed by atoms with E-state index in [0.717, 1.165) is 5.56 Å². The van der Waals surface area contributed by atoms with E-state index in [1.54, 1.807) is 24.3 Å². The number of para-hydroxylation sites is 1. The van der Waals surface area contributed by atoms with Crippen molar-refractivity contribution in [2.75, 3.05) is 11.9 Å². The lowest BCUT2D eigenvalue weighted by molar-refractivity contribution is -0.778. The number of aliphatic hydroxyl groups is 2. The van der Waals surface area contributed by atoms with Gasteiger partial charge in [-0.15, -0.1) is 20.2 Å². The molecule has 0 spiro atoms. The van der Waals surface area contributed by atoms with E-state index in [4.69, 9.17) is 4.74 Å². The molecule has 3 N–H and O–H groups in total. The van der Waals surface area contributed by atoms with Crippen molar-refractivity contribution in [1.82, 2.24) is 4.57 Å². The molecule has 54 heavy (non-hydrogen) atoms. The fourth-order valence-corrected chi connectivity index (χ4v) is 6.26. The second kappa shape index (κ2) is 19.3. The number of rotatable bonds is 20. The number of hydrogen-bond acceptors (Lipinski definition) is 11. The molecule has 0 fully saturated rings. The van der Waals surface area contributed by atoms with Crippen molar-refractivity contribution in [3.63, 3.8) is 0 Å². The van der Waals surface area contributed by atoms with Crippen molar-refractivity contribution in [1.29, 1.82) is 0 Å². The molecule has 0 bridgehead atoms. The Morgan fingerprint density at radius 1 is 0.833 bits per heavy atom. The van der Waals surface area contributed by atoms with E-state index >= 15 is 0 Å². The van der Waals surface area contributed by atoms with Gasteiger partial charge in [-0.1, -0.05) is 62.4 Å². The summed E-state index contributed by atoms with van der Waals surface area (Å²) in [6.45, 7) is 4.70. The monoisotopic (exact) mass is 750 g/mol. The van der Waals surface area contributed by atoms with Crippen LogP contribution in [0.3, 0.4) is 0 Å². The number of carbonyl (C=O) groups excluding carboxylic acids is 2. The van der Waals surface area contributed by atoms with E-state index < -0.39 is 59.4 Å². The first-order valence-corrected chi connectivity index (χ1v) is 17.3. The van der Waals surface area contributed by atoms with Crippen LogP contribution in [0.4, 0.5) is 10.1 Å². The predicted molar refractivity (Wildman–Crippen MR) is 195 cm³/mol. The molecule has 4 aromatic rings. The van der Waals surface area contributed by atoms with Crippen LogP contribution in [0.15, 0.2) is 84.9 Å². The molecule has 0 aliphatic rings. The molecule has 1 heterocycles. The first-order valence-electron chi connectivity index (χ1n) is 17.3. The molecule has 0 saturated heterocycles. The van der Waals surface area contributed by atoms with Crippen molar-refractivity contribution in [2.24, 2.45) is 0 Å². The normalized spacial score (nSPS) is 13.4. The fourth-order valence-electron chi connectivity index (χ4n) is 6.26. The average molecular weight is 751 g/mol. The SMILES string of the molecule is CC(CC(COC(=O)C[C@H](O)C[C@H](O)CCn1c(-c2ccc(F)cc2)c(-c2ccccc2)c(C(=O)Nc2ccccc2)c1C(C)C)O[N+](=O)[O-])O[N+](=O)[O-]. The Morgan fingerprint density at radius 2 is 1.44 bits per heavy atom. The van der Waals surface area contributed by atoms with Crippen LogP contribution in [0.1, 0.15) is 68.4 Å². The maximum atomic E-state index is 14.2. The van der Waals surface area contributed by atoms with E-state index in [0.29, 0.717) is 33.8 Å². The van der Waals surface area contributed by atoms with E-state index in [2.05, 4.69) is 15.0 Å². The van der Waals surface area contributed by atoms with Crippen LogP contribution in [-0.4, -0.2) is 67.9 Å². The summed E-state index contributed by atoms with van der Waals surface area (Å²) in [5.41, 5.74) is 4.30. The largest absolute Gasteiger partial charge is 0.463 e.